The number of halogens is 6. The Morgan fingerprint density at radius 1 is 0.625 bits per heavy atom. The van der Waals surface area contributed by atoms with Crippen molar-refractivity contribution in [2.24, 2.45) is 0 Å². The van der Waals surface area contributed by atoms with Crippen molar-refractivity contribution in [1.29, 1.82) is 0 Å². The molecule has 0 aromatic rings. The molecule has 0 aromatic carbocycles. The first kappa shape index (κ1) is 14.2. The lowest BCUT2D eigenvalue weighted by Gasteiger charge is -2.13. The smallest absolute Gasteiger partial charge is 0.405 e. The molecule has 9 heteroatoms. The maximum atomic E-state index is 11.5. The molecule has 3 nitrogen and oxygen atoms in total. The summed E-state index contributed by atoms with van der Waals surface area (Å²) < 4.78 is 80.6. The monoisotopic (exact) mass is 250 g/mol. The van der Waals surface area contributed by atoms with Gasteiger partial charge in [-0.15, -0.1) is 0 Å². The van der Waals surface area contributed by atoms with Gasteiger partial charge in [0.25, 0.3) is 0 Å². The Morgan fingerprint density at radius 3 is 1.06 bits per heavy atom. The summed E-state index contributed by atoms with van der Waals surface area (Å²) in [5, 5.41) is 0. The molecule has 0 aliphatic rings. The van der Waals surface area contributed by atoms with Gasteiger partial charge in [-0.1, -0.05) is 0 Å². The van der Waals surface area contributed by atoms with E-state index in [0.29, 0.717) is 0 Å². The lowest BCUT2D eigenvalue weighted by Crippen LogP contribution is -2.13. The molecule has 0 rings (SSSR count). The molecule has 0 bridgehead atoms. The number of ether oxygens (including phenoxy) is 3. The molecule has 0 heterocycles. The zero-order valence-electron chi connectivity index (χ0n) is 7.30. The van der Waals surface area contributed by atoms with E-state index in [1.165, 1.54) is 0 Å². The van der Waals surface area contributed by atoms with Gasteiger partial charge in [0.05, 0.1) is 0 Å². The minimum atomic E-state index is -2.33. The zero-order chi connectivity index (χ0) is 12.6. The second-order valence-corrected chi connectivity index (χ2v) is 1.92. The van der Waals surface area contributed by atoms with E-state index in [1.807, 2.05) is 0 Å². The third-order valence-corrected chi connectivity index (χ3v) is 0.805. The van der Waals surface area contributed by atoms with Gasteiger partial charge in [-0.3, -0.25) is 0 Å². The van der Waals surface area contributed by atoms with E-state index in [2.05, 4.69) is 14.2 Å². The second-order valence-electron chi connectivity index (χ2n) is 1.92. The van der Waals surface area contributed by atoms with Crippen LogP contribution in [0.3, 0.4) is 0 Å². The van der Waals surface area contributed by atoms with Crippen LogP contribution in [0.4, 0.5) is 26.3 Å². The highest BCUT2D eigenvalue weighted by Gasteiger charge is 2.10. The van der Waals surface area contributed by atoms with E-state index in [0.717, 1.165) is 0 Å². The lowest BCUT2D eigenvalue weighted by atomic mass is 10.9. The fourth-order valence-electron chi connectivity index (χ4n) is 0.417. The van der Waals surface area contributed by atoms with Crippen molar-refractivity contribution in [3.63, 3.8) is 0 Å². The third-order valence-electron chi connectivity index (χ3n) is 0.805. The van der Waals surface area contributed by atoms with E-state index >= 15 is 0 Å². The van der Waals surface area contributed by atoms with E-state index in [-0.39, 0.29) is 18.8 Å². The SMILES string of the molecule is FC(F)=COC(OC=C(F)F)OC=C(F)F. The molecule has 0 aromatic heterocycles. The van der Waals surface area contributed by atoms with Crippen LogP contribution in [0.5, 0.6) is 0 Å². The maximum absolute atomic E-state index is 11.5. The first-order valence-corrected chi connectivity index (χ1v) is 3.41. The van der Waals surface area contributed by atoms with Crippen LogP contribution in [-0.4, -0.2) is 6.48 Å². The van der Waals surface area contributed by atoms with E-state index in [1.54, 1.807) is 0 Å². The van der Waals surface area contributed by atoms with Gasteiger partial charge in [0.1, 0.15) is 0 Å². The quantitative estimate of drug-likeness (QED) is 0.410. The van der Waals surface area contributed by atoms with Gasteiger partial charge < -0.3 is 14.2 Å². The van der Waals surface area contributed by atoms with Crippen LogP contribution < -0.4 is 0 Å². The van der Waals surface area contributed by atoms with Gasteiger partial charge in [0.2, 0.25) is 0 Å². The predicted octanol–water partition coefficient (Wildman–Crippen LogP) is 3.53. The van der Waals surface area contributed by atoms with Gasteiger partial charge in [-0.25, -0.2) is 0 Å². The van der Waals surface area contributed by atoms with Crippen molar-refractivity contribution in [2.75, 3.05) is 0 Å². The molecule has 0 N–H and O–H groups in total. The summed E-state index contributed by atoms with van der Waals surface area (Å²) in [7, 11) is 0. The average molecular weight is 250 g/mol. The molecule has 0 unspecified atom stereocenters. The van der Waals surface area contributed by atoms with Gasteiger partial charge in [0, 0.05) is 0 Å². The van der Waals surface area contributed by atoms with Crippen molar-refractivity contribution < 1.29 is 40.6 Å². The van der Waals surface area contributed by atoms with Crippen molar-refractivity contribution in [3.05, 3.63) is 37.0 Å². The van der Waals surface area contributed by atoms with Crippen LogP contribution >= 0.6 is 0 Å². The molecular weight excluding hydrogens is 246 g/mol. The number of rotatable bonds is 6. The van der Waals surface area contributed by atoms with Gasteiger partial charge in [0.15, 0.2) is 18.8 Å². The summed E-state index contributed by atoms with van der Waals surface area (Å²) in [5.74, 6) is 0. The topological polar surface area (TPSA) is 27.7 Å². The Hall–Kier alpha value is -1.80. The van der Waals surface area contributed by atoms with Crippen molar-refractivity contribution in [3.8, 4) is 0 Å². The Labute approximate surface area is 85.2 Å². The molecule has 0 fully saturated rings. The summed E-state index contributed by atoms with van der Waals surface area (Å²) in [6.07, 6.45) is -7.61. The van der Waals surface area contributed by atoms with Crippen LogP contribution in [0.15, 0.2) is 37.0 Å². The highest BCUT2D eigenvalue weighted by atomic mass is 19.3. The highest BCUT2D eigenvalue weighted by Crippen LogP contribution is 2.08. The van der Waals surface area contributed by atoms with Crippen LogP contribution in [0.2, 0.25) is 0 Å². The minimum absolute atomic E-state index is 0.210. The summed E-state index contributed by atoms with van der Waals surface area (Å²) in [6, 6.07) is 0. The molecule has 0 saturated heterocycles. The third kappa shape index (κ3) is 8.78. The van der Waals surface area contributed by atoms with Crippen LogP contribution in [0, 0.1) is 0 Å². The summed E-state index contributed by atoms with van der Waals surface area (Å²) >= 11 is 0. The normalized spacial score (nSPS) is 9.19. The van der Waals surface area contributed by atoms with Crippen molar-refractivity contribution >= 4 is 0 Å². The van der Waals surface area contributed by atoms with E-state index in [9.17, 15) is 26.3 Å². The van der Waals surface area contributed by atoms with Gasteiger partial charge in [-0.2, -0.15) is 26.3 Å². The van der Waals surface area contributed by atoms with Crippen molar-refractivity contribution in [2.45, 2.75) is 6.48 Å². The van der Waals surface area contributed by atoms with Crippen molar-refractivity contribution in [1.82, 2.24) is 0 Å². The fourth-order valence-corrected chi connectivity index (χ4v) is 0.417. The van der Waals surface area contributed by atoms with Gasteiger partial charge in [-0.05, 0) is 0 Å². The molecule has 0 radical (unpaired) electrons. The molecule has 0 aliphatic heterocycles. The molecule has 0 amide bonds. The number of hydrogen-bond acceptors (Lipinski definition) is 3. The molecule has 92 valence electrons. The number of hydrogen-bond donors (Lipinski definition) is 0. The van der Waals surface area contributed by atoms with Gasteiger partial charge >= 0.3 is 24.7 Å². The standard InChI is InChI=1S/C7H4F6O3/c8-4(9)1-14-7(15-2-5(10)11)16-3-6(12)13/h1-3,7H. The Bertz CT molecular complexity index is 241. The Kier molecular flexibility index (Phi) is 6.64. The van der Waals surface area contributed by atoms with Crippen LogP contribution in [-0.2, 0) is 14.2 Å². The lowest BCUT2D eigenvalue weighted by molar-refractivity contribution is -0.217. The summed E-state index contributed by atoms with van der Waals surface area (Å²) in [4.78, 5) is 0. The largest absolute Gasteiger partial charge is 0.425 e. The van der Waals surface area contributed by atoms with E-state index < -0.39 is 24.7 Å². The average Bonchev–Trinajstić information content (AvgIpc) is 2.15. The Balaban J connectivity index is 4.33. The molecule has 0 spiro atoms. The molecule has 0 aliphatic carbocycles. The first-order chi connectivity index (χ1) is 7.41. The zero-order valence-corrected chi connectivity index (χ0v) is 7.30. The maximum Gasteiger partial charge on any atom is 0.405 e. The van der Waals surface area contributed by atoms with Crippen LogP contribution in [0.25, 0.3) is 0 Å². The van der Waals surface area contributed by atoms with E-state index in [4.69, 9.17) is 0 Å². The Morgan fingerprint density at radius 2 is 0.875 bits per heavy atom. The molecule has 0 atom stereocenters. The predicted molar refractivity (Wildman–Crippen MR) is 37.9 cm³/mol. The molecular formula is C7H4F6O3. The first-order valence-electron chi connectivity index (χ1n) is 3.41. The minimum Gasteiger partial charge on any atom is -0.425 e. The second kappa shape index (κ2) is 7.49. The summed E-state index contributed by atoms with van der Waals surface area (Å²) in [6.45, 7) is -2.18. The summed E-state index contributed by atoms with van der Waals surface area (Å²) in [5.41, 5.74) is 0. The molecule has 0 saturated carbocycles. The highest BCUT2D eigenvalue weighted by molar-refractivity contribution is 4.74. The fraction of sp³-hybridized carbons (Fsp3) is 0.143. The molecule has 16 heavy (non-hydrogen) atoms. The van der Waals surface area contributed by atoms with Crippen LogP contribution in [0.1, 0.15) is 0 Å².